The van der Waals surface area contributed by atoms with Crippen molar-refractivity contribution >= 4 is 32.8 Å². The zero-order chi connectivity index (χ0) is 14.8. The van der Waals surface area contributed by atoms with Gasteiger partial charge in [-0.3, -0.25) is 0 Å². The molecule has 20 heavy (non-hydrogen) atoms. The van der Waals surface area contributed by atoms with E-state index >= 15 is 0 Å². The number of nitrogens with zero attached hydrogens (tertiary/aromatic N) is 1. The van der Waals surface area contributed by atoms with Gasteiger partial charge in [0.05, 0.1) is 0 Å². The standard InChI is InChI=1S/C4H4NOS.3C4H9.Sn/c1-6-4-2-3-7-5-4;3*1-3-4-2;/h2H,1H3;3*1,3-4H2,2H3;. The first-order chi connectivity index (χ1) is 9.72. The van der Waals surface area contributed by atoms with Crippen molar-refractivity contribution in [3.8, 4) is 5.88 Å². The van der Waals surface area contributed by atoms with Crippen LogP contribution in [0.4, 0.5) is 0 Å². The molecule has 1 heterocycles. The van der Waals surface area contributed by atoms with Crippen LogP contribution in [0.3, 0.4) is 0 Å². The number of aromatic nitrogens is 1. The van der Waals surface area contributed by atoms with Crippen molar-refractivity contribution in [1.29, 1.82) is 0 Å². The van der Waals surface area contributed by atoms with Crippen molar-refractivity contribution in [3.05, 3.63) is 6.07 Å². The molecule has 0 saturated carbocycles. The van der Waals surface area contributed by atoms with Gasteiger partial charge in [-0.2, -0.15) is 0 Å². The fourth-order valence-corrected chi connectivity index (χ4v) is 22.0. The van der Waals surface area contributed by atoms with Crippen LogP contribution in [0, 0.1) is 0 Å². The Balaban J connectivity index is 2.97. The molecule has 116 valence electrons. The van der Waals surface area contributed by atoms with E-state index in [4.69, 9.17) is 4.74 Å². The molecule has 0 bridgehead atoms. The third-order valence-electron chi connectivity index (χ3n) is 4.25. The van der Waals surface area contributed by atoms with Gasteiger partial charge in [-0.25, -0.2) is 0 Å². The van der Waals surface area contributed by atoms with Crippen LogP contribution >= 0.6 is 11.5 Å². The average Bonchev–Trinajstić information content (AvgIpc) is 2.96. The van der Waals surface area contributed by atoms with Crippen molar-refractivity contribution in [2.75, 3.05) is 7.11 Å². The number of hydrogen-bond acceptors (Lipinski definition) is 3. The van der Waals surface area contributed by atoms with Gasteiger partial charge in [0.15, 0.2) is 0 Å². The van der Waals surface area contributed by atoms with Gasteiger partial charge in [-0.15, -0.1) is 0 Å². The second kappa shape index (κ2) is 10.0. The molecule has 0 amide bonds. The van der Waals surface area contributed by atoms with Crippen molar-refractivity contribution in [2.45, 2.75) is 72.6 Å². The molecule has 0 aliphatic carbocycles. The molecule has 1 aromatic heterocycles. The van der Waals surface area contributed by atoms with Gasteiger partial charge >= 0.3 is 134 Å². The third-order valence-corrected chi connectivity index (χ3v) is 23.1. The Hall–Kier alpha value is 0.229. The molecule has 0 N–H and O–H groups in total. The molecule has 0 aliphatic heterocycles. The zero-order valence-corrected chi connectivity index (χ0v) is 17.4. The fraction of sp³-hybridized carbons (Fsp3) is 0.812. The fourth-order valence-electron chi connectivity index (χ4n) is 2.90. The van der Waals surface area contributed by atoms with Crippen molar-refractivity contribution in [1.82, 2.24) is 4.37 Å². The van der Waals surface area contributed by atoms with Gasteiger partial charge in [0, 0.05) is 0 Å². The van der Waals surface area contributed by atoms with E-state index in [1.165, 1.54) is 51.8 Å². The average molecular weight is 404 g/mol. The maximum atomic E-state index is 5.34. The van der Waals surface area contributed by atoms with E-state index in [0.717, 1.165) is 5.88 Å². The van der Waals surface area contributed by atoms with Gasteiger partial charge in [-0.1, -0.05) is 0 Å². The van der Waals surface area contributed by atoms with Gasteiger partial charge < -0.3 is 0 Å². The Bertz CT molecular complexity index is 345. The molecule has 1 rings (SSSR count). The number of ether oxygens (including phenoxy) is 1. The molecule has 0 atom stereocenters. The van der Waals surface area contributed by atoms with Crippen LogP contribution in [0.25, 0.3) is 0 Å². The number of unbranched alkanes of at least 4 members (excludes halogenated alkanes) is 3. The van der Waals surface area contributed by atoms with E-state index in [0.29, 0.717) is 0 Å². The van der Waals surface area contributed by atoms with E-state index in [1.54, 1.807) is 21.5 Å². The summed E-state index contributed by atoms with van der Waals surface area (Å²) in [6, 6.07) is 2.28. The molecule has 0 saturated heterocycles. The topological polar surface area (TPSA) is 22.1 Å². The maximum absolute atomic E-state index is 5.34. The Morgan fingerprint density at radius 3 is 1.85 bits per heavy atom. The predicted octanol–water partition coefficient (Wildman–Crippen LogP) is 5.21. The first-order valence-electron chi connectivity index (χ1n) is 8.23. The quantitative estimate of drug-likeness (QED) is 0.473. The normalized spacial score (nSPS) is 11.8. The zero-order valence-electron chi connectivity index (χ0n) is 13.7. The monoisotopic (exact) mass is 405 g/mol. The summed E-state index contributed by atoms with van der Waals surface area (Å²) in [5.41, 5.74) is 0. The van der Waals surface area contributed by atoms with Crippen molar-refractivity contribution in [3.63, 3.8) is 0 Å². The molecule has 2 nitrogen and oxygen atoms in total. The first-order valence-corrected chi connectivity index (χ1v) is 16.5. The van der Waals surface area contributed by atoms with E-state index in [1.807, 2.05) is 0 Å². The molecular weight excluding hydrogens is 373 g/mol. The summed E-state index contributed by atoms with van der Waals surface area (Å²) in [4.78, 5) is 0. The van der Waals surface area contributed by atoms with Gasteiger partial charge in [-0.05, 0) is 0 Å². The van der Waals surface area contributed by atoms with E-state index in [-0.39, 0.29) is 0 Å². The van der Waals surface area contributed by atoms with Gasteiger partial charge in [0.1, 0.15) is 0 Å². The third kappa shape index (κ3) is 5.21. The van der Waals surface area contributed by atoms with Gasteiger partial charge in [0.2, 0.25) is 0 Å². The summed E-state index contributed by atoms with van der Waals surface area (Å²) in [6.07, 6.45) is 8.20. The summed E-state index contributed by atoms with van der Waals surface area (Å²) in [5, 5.41) is 0. The Morgan fingerprint density at radius 1 is 1.00 bits per heavy atom. The van der Waals surface area contributed by atoms with Crippen LogP contribution in [-0.4, -0.2) is 29.9 Å². The van der Waals surface area contributed by atoms with E-state index < -0.39 is 18.4 Å². The molecule has 0 spiro atoms. The summed E-state index contributed by atoms with van der Waals surface area (Å²) in [7, 11) is 1.74. The molecule has 4 heteroatoms. The molecule has 0 radical (unpaired) electrons. The van der Waals surface area contributed by atoms with E-state index in [2.05, 4.69) is 31.2 Å². The van der Waals surface area contributed by atoms with Crippen molar-refractivity contribution < 1.29 is 4.74 Å². The Labute approximate surface area is 133 Å². The summed E-state index contributed by atoms with van der Waals surface area (Å²) >= 11 is -0.472. The Kier molecular flexibility index (Phi) is 9.17. The SMILES string of the molecule is CCC[CH2][Sn]([CH2]CCC)([CH2]CCC)[c]1cc(OC)ns1. The van der Waals surface area contributed by atoms with E-state index in [9.17, 15) is 0 Å². The molecule has 0 fully saturated rings. The Morgan fingerprint density at radius 2 is 1.50 bits per heavy atom. The molecule has 1 aromatic rings. The number of methoxy groups -OCH3 is 1. The molecule has 0 aromatic carbocycles. The summed E-state index contributed by atoms with van der Waals surface area (Å²) < 4.78 is 16.0. The van der Waals surface area contributed by atoms with Crippen LogP contribution in [0.15, 0.2) is 6.07 Å². The van der Waals surface area contributed by atoms with Crippen LogP contribution < -0.4 is 7.63 Å². The second-order valence-electron chi connectivity index (χ2n) is 5.82. The van der Waals surface area contributed by atoms with Crippen LogP contribution in [-0.2, 0) is 0 Å². The van der Waals surface area contributed by atoms with Crippen molar-refractivity contribution in [2.24, 2.45) is 0 Å². The molecule has 0 aliphatic rings. The first kappa shape index (κ1) is 18.3. The molecular formula is C16H31NOSSn. The number of hydrogen-bond donors (Lipinski definition) is 0. The van der Waals surface area contributed by atoms with Gasteiger partial charge in [0.25, 0.3) is 0 Å². The second-order valence-corrected chi connectivity index (χ2v) is 20.8. The minimum atomic E-state index is -2.22. The van der Waals surface area contributed by atoms with Crippen LogP contribution in [0.2, 0.25) is 13.3 Å². The molecule has 0 unspecified atom stereocenters. The summed E-state index contributed by atoms with van der Waals surface area (Å²) in [6.45, 7) is 6.97. The summed E-state index contributed by atoms with van der Waals surface area (Å²) in [5.74, 6) is 0.843. The predicted molar refractivity (Wildman–Crippen MR) is 93.2 cm³/mol. The minimum absolute atomic E-state index is 0.843. The van der Waals surface area contributed by atoms with Crippen LogP contribution in [0.1, 0.15) is 59.3 Å². The number of rotatable bonds is 11. The van der Waals surface area contributed by atoms with Crippen LogP contribution in [0.5, 0.6) is 5.88 Å².